The van der Waals surface area contributed by atoms with Gasteiger partial charge in [-0.25, -0.2) is 31.7 Å². The Kier molecular flexibility index (Phi) is 3.58. The average molecular weight is 330 g/mol. The van der Waals surface area contributed by atoms with Crippen molar-refractivity contribution in [2.75, 3.05) is 0 Å². The molecule has 10 heteroatoms. The van der Waals surface area contributed by atoms with E-state index in [9.17, 15) is 26.7 Å². The Balaban J connectivity index is 2.25. The fourth-order valence-electron chi connectivity index (χ4n) is 2.17. The lowest BCUT2D eigenvalue weighted by molar-refractivity contribution is 0.116. The topological polar surface area (TPSA) is 74.4 Å². The molecule has 23 heavy (non-hydrogen) atoms. The minimum Gasteiger partial charge on any atom is -0.305 e. The van der Waals surface area contributed by atoms with Gasteiger partial charge in [0, 0.05) is 5.56 Å². The number of hydrogen-bond acceptors (Lipinski definition) is 3. The van der Waals surface area contributed by atoms with Gasteiger partial charge in [-0.05, 0) is 12.1 Å². The Morgan fingerprint density at radius 3 is 2.26 bits per heavy atom. The number of H-pyrrole nitrogens is 2. The fourth-order valence-corrected chi connectivity index (χ4v) is 2.17. The molecule has 0 unspecified atom stereocenters. The molecule has 0 saturated heterocycles. The molecule has 0 amide bonds. The zero-order chi connectivity index (χ0) is 16.7. The molecule has 0 aliphatic heterocycles. The van der Waals surface area contributed by atoms with Gasteiger partial charge in [-0.15, -0.1) is 0 Å². The molecule has 2 heterocycles. The van der Waals surface area contributed by atoms with E-state index in [0.717, 1.165) is 12.3 Å². The Hall–Kier alpha value is -2.78. The second-order valence-electron chi connectivity index (χ2n) is 4.55. The molecule has 1 aromatic carbocycles. The summed E-state index contributed by atoms with van der Waals surface area (Å²) < 4.78 is 64.8. The first-order chi connectivity index (χ1) is 10.9. The number of hydrogen-bond donors (Lipinski definition) is 2. The number of halogens is 5. The van der Waals surface area contributed by atoms with E-state index in [2.05, 4.69) is 19.9 Å². The summed E-state index contributed by atoms with van der Waals surface area (Å²) in [6.45, 7) is 0. The number of alkyl halides is 4. The minimum atomic E-state index is -3.26. The third-order valence-electron chi connectivity index (χ3n) is 3.15. The lowest BCUT2D eigenvalue weighted by atomic mass is 10.1. The first-order valence-corrected chi connectivity index (χ1v) is 6.22. The molecular formula is C13H7F5N4O. The number of nitrogens with one attached hydrogen (secondary N) is 2. The molecule has 0 aliphatic rings. The second-order valence-corrected chi connectivity index (χ2v) is 4.55. The highest BCUT2D eigenvalue weighted by molar-refractivity contribution is 5.90. The van der Waals surface area contributed by atoms with Crippen LogP contribution >= 0.6 is 0 Å². The van der Waals surface area contributed by atoms with Crippen LogP contribution in [0.5, 0.6) is 0 Å². The molecule has 0 atom stereocenters. The van der Waals surface area contributed by atoms with Crippen LogP contribution < -0.4 is 5.69 Å². The maximum absolute atomic E-state index is 13.6. The Bertz CT molecular complexity index is 934. The lowest BCUT2D eigenvalue weighted by Gasteiger charge is -2.09. The number of imidazole rings is 1. The quantitative estimate of drug-likeness (QED) is 0.724. The van der Waals surface area contributed by atoms with Crippen molar-refractivity contribution in [1.82, 2.24) is 19.9 Å². The first-order valence-electron chi connectivity index (χ1n) is 6.22. The third kappa shape index (κ3) is 2.56. The van der Waals surface area contributed by atoms with E-state index in [1.165, 1.54) is 6.07 Å². The van der Waals surface area contributed by atoms with Crippen LogP contribution in [0.15, 0.2) is 23.1 Å². The van der Waals surface area contributed by atoms with Gasteiger partial charge in [0.15, 0.2) is 0 Å². The van der Waals surface area contributed by atoms with E-state index in [0.29, 0.717) is 0 Å². The highest BCUT2D eigenvalue weighted by atomic mass is 19.3. The minimum absolute atomic E-state index is 0.0192. The van der Waals surface area contributed by atoms with E-state index in [4.69, 9.17) is 0 Å². The van der Waals surface area contributed by atoms with Crippen molar-refractivity contribution in [1.29, 1.82) is 0 Å². The van der Waals surface area contributed by atoms with Crippen LogP contribution in [-0.2, 0) is 0 Å². The number of fused-ring (bicyclic) bond motifs is 1. The Morgan fingerprint density at radius 1 is 0.957 bits per heavy atom. The molecule has 120 valence electrons. The van der Waals surface area contributed by atoms with Crippen LogP contribution in [0.2, 0.25) is 0 Å². The van der Waals surface area contributed by atoms with Crippen LogP contribution in [-0.4, -0.2) is 19.9 Å². The van der Waals surface area contributed by atoms with Crippen molar-refractivity contribution < 1.29 is 22.0 Å². The molecule has 0 radical (unpaired) electrons. The van der Waals surface area contributed by atoms with Crippen LogP contribution in [0.3, 0.4) is 0 Å². The lowest BCUT2D eigenvalue weighted by Crippen LogP contribution is -2.04. The highest BCUT2D eigenvalue weighted by Crippen LogP contribution is 2.31. The maximum Gasteiger partial charge on any atom is 0.323 e. The number of aromatic amines is 2. The van der Waals surface area contributed by atoms with Gasteiger partial charge in [-0.1, -0.05) is 0 Å². The van der Waals surface area contributed by atoms with Gasteiger partial charge in [0.25, 0.3) is 12.9 Å². The Labute approximate surface area is 124 Å². The van der Waals surface area contributed by atoms with Gasteiger partial charge in [-0.2, -0.15) is 0 Å². The van der Waals surface area contributed by atoms with Gasteiger partial charge in [-0.3, -0.25) is 4.98 Å². The SMILES string of the molecule is O=c1[nH]c2c(F)ccc(-c3cnc(C(F)F)c(C(F)F)n3)c2[nH]1. The molecule has 0 saturated carbocycles. The van der Waals surface area contributed by atoms with Gasteiger partial charge < -0.3 is 9.97 Å². The van der Waals surface area contributed by atoms with E-state index in [-0.39, 0.29) is 22.3 Å². The molecule has 3 rings (SSSR count). The van der Waals surface area contributed by atoms with Crippen molar-refractivity contribution in [3.8, 4) is 11.3 Å². The molecule has 2 N–H and O–H groups in total. The van der Waals surface area contributed by atoms with Crippen molar-refractivity contribution in [2.24, 2.45) is 0 Å². The molecule has 0 aliphatic carbocycles. The largest absolute Gasteiger partial charge is 0.323 e. The van der Waals surface area contributed by atoms with Crippen molar-refractivity contribution in [3.05, 3.63) is 46.0 Å². The van der Waals surface area contributed by atoms with Gasteiger partial charge in [0.05, 0.1) is 17.4 Å². The van der Waals surface area contributed by atoms with Crippen LogP contribution in [0.4, 0.5) is 22.0 Å². The average Bonchev–Trinajstić information content (AvgIpc) is 2.89. The molecule has 0 bridgehead atoms. The van der Waals surface area contributed by atoms with Crippen molar-refractivity contribution in [3.63, 3.8) is 0 Å². The van der Waals surface area contributed by atoms with E-state index in [1.807, 2.05) is 0 Å². The molecule has 5 nitrogen and oxygen atoms in total. The standard InChI is InChI=1S/C13H7F5N4O/c14-5-2-1-4(7-8(5)22-13(23)21-7)6-3-19-9(11(15)16)10(20-6)12(17)18/h1-3,11-12H,(H2,21,22,23). The summed E-state index contributed by atoms with van der Waals surface area (Å²) in [6, 6.07) is 2.18. The predicted octanol–water partition coefficient (Wildman–Crippen LogP) is 3.33. The van der Waals surface area contributed by atoms with Crippen LogP contribution in [0.25, 0.3) is 22.3 Å². The number of benzene rings is 1. The number of nitrogens with zero attached hydrogens (tertiary/aromatic N) is 2. The summed E-state index contributed by atoms with van der Waals surface area (Å²) >= 11 is 0. The molecular weight excluding hydrogens is 323 g/mol. The zero-order valence-corrected chi connectivity index (χ0v) is 11.1. The normalized spacial score (nSPS) is 11.8. The maximum atomic E-state index is 13.6. The third-order valence-corrected chi connectivity index (χ3v) is 3.15. The van der Waals surface area contributed by atoms with Crippen LogP contribution in [0.1, 0.15) is 24.2 Å². The number of rotatable bonds is 3. The molecule has 0 spiro atoms. The smallest absolute Gasteiger partial charge is 0.305 e. The molecule has 2 aromatic heterocycles. The van der Waals surface area contributed by atoms with E-state index < -0.39 is 35.7 Å². The summed E-state index contributed by atoms with van der Waals surface area (Å²) in [4.78, 5) is 22.6. The van der Waals surface area contributed by atoms with E-state index in [1.54, 1.807) is 0 Å². The fraction of sp³-hybridized carbons (Fsp3) is 0.154. The van der Waals surface area contributed by atoms with Crippen LogP contribution in [0, 0.1) is 5.82 Å². The highest BCUT2D eigenvalue weighted by Gasteiger charge is 2.24. The summed E-state index contributed by atoms with van der Waals surface area (Å²) in [6.07, 6.45) is -5.60. The van der Waals surface area contributed by atoms with Gasteiger partial charge >= 0.3 is 5.69 Å². The van der Waals surface area contributed by atoms with Crippen molar-refractivity contribution >= 4 is 11.0 Å². The number of aromatic nitrogens is 4. The van der Waals surface area contributed by atoms with Crippen molar-refractivity contribution in [2.45, 2.75) is 12.9 Å². The second kappa shape index (κ2) is 5.45. The van der Waals surface area contributed by atoms with E-state index >= 15 is 0 Å². The first kappa shape index (κ1) is 15.1. The predicted molar refractivity (Wildman–Crippen MR) is 69.8 cm³/mol. The summed E-state index contributed by atoms with van der Waals surface area (Å²) in [5, 5.41) is 0. The Morgan fingerprint density at radius 2 is 1.61 bits per heavy atom. The summed E-state index contributed by atoms with van der Waals surface area (Å²) in [5.41, 5.74) is -3.30. The summed E-state index contributed by atoms with van der Waals surface area (Å²) in [7, 11) is 0. The molecule has 3 aromatic rings. The zero-order valence-electron chi connectivity index (χ0n) is 11.1. The van der Waals surface area contributed by atoms with Gasteiger partial charge in [0.2, 0.25) is 0 Å². The molecule has 0 fully saturated rings. The monoisotopic (exact) mass is 330 g/mol. The van der Waals surface area contributed by atoms with Gasteiger partial charge in [0.1, 0.15) is 22.7 Å². The summed E-state index contributed by atoms with van der Waals surface area (Å²) in [5.74, 6) is -0.742.